The summed E-state index contributed by atoms with van der Waals surface area (Å²) in [7, 11) is 3.44. The minimum Gasteiger partial charge on any atom is -0.497 e. The second-order valence-electron chi connectivity index (χ2n) is 5.02. The Labute approximate surface area is 117 Å². The van der Waals surface area contributed by atoms with Crippen molar-refractivity contribution in [2.75, 3.05) is 33.9 Å². The molecule has 1 rings (SSSR count). The highest BCUT2D eigenvalue weighted by molar-refractivity contribution is 5.27. The summed E-state index contributed by atoms with van der Waals surface area (Å²) in [5.41, 5.74) is 1.39. The van der Waals surface area contributed by atoms with Crippen LogP contribution in [-0.4, -0.2) is 33.9 Å². The third-order valence-corrected chi connectivity index (χ3v) is 3.38. The van der Waals surface area contributed by atoms with Gasteiger partial charge in [-0.25, -0.2) is 0 Å². The molecule has 0 amide bonds. The topological polar surface area (TPSA) is 30.5 Å². The van der Waals surface area contributed by atoms with E-state index in [1.54, 1.807) is 14.2 Å². The van der Waals surface area contributed by atoms with E-state index in [1.807, 2.05) is 12.1 Å². The smallest absolute Gasteiger partial charge is 0.118 e. The molecular weight excluding hydrogens is 238 g/mol. The molecule has 0 aliphatic heterocycles. The van der Waals surface area contributed by atoms with E-state index in [0.717, 1.165) is 37.8 Å². The van der Waals surface area contributed by atoms with Gasteiger partial charge in [0.1, 0.15) is 5.75 Å². The van der Waals surface area contributed by atoms with Crippen LogP contribution in [0.4, 0.5) is 0 Å². The Morgan fingerprint density at radius 2 is 1.79 bits per heavy atom. The predicted octanol–water partition coefficient (Wildman–Crippen LogP) is 2.89. The quantitative estimate of drug-likeness (QED) is 0.660. The molecule has 1 aromatic rings. The zero-order valence-corrected chi connectivity index (χ0v) is 12.4. The van der Waals surface area contributed by atoms with E-state index in [0.29, 0.717) is 0 Å². The number of nitrogens with one attached hydrogen (secondary N) is 1. The van der Waals surface area contributed by atoms with Crippen LogP contribution in [0.3, 0.4) is 0 Å². The van der Waals surface area contributed by atoms with Crippen molar-refractivity contribution in [3.05, 3.63) is 29.8 Å². The summed E-state index contributed by atoms with van der Waals surface area (Å²) < 4.78 is 10.2. The third-order valence-electron chi connectivity index (χ3n) is 3.38. The fourth-order valence-electron chi connectivity index (χ4n) is 2.00. The summed E-state index contributed by atoms with van der Waals surface area (Å²) in [6.45, 7) is 5.14. The van der Waals surface area contributed by atoms with Gasteiger partial charge in [0.05, 0.1) is 13.7 Å². The van der Waals surface area contributed by atoms with Gasteiger partial charge in [0.15, 0.2) is 0 Å². The molecule has 0 saturated carbocycles. The van der Waals surface area contributed by atoms with E-state index in [2.05, 4.69) is 24.4 Å². The number of benzene rings is 1. The van der Waals surface area contributed by atoms with Crippen molar-refractivity contribution in [2.24, 2.45) is 5.92 Å². The van der Waals surface area contributed by atoms with Crippen molar-refractivity contribution in [1.29, 1.82) is 0 Å². The SMILES string of the molecule is COCCNCCC(C)CCc1ccc(OC)cc1. The maximum atomic E-state index is 5.16. The largest absolute Gasteiger partial charge is 0.497 e. The van der Waals surface area contributed by atoms with Gasteiger partial charge >= 0.3 is 0 Å². The number of ether oxygens (including phenoxy) is 2. The molecule has 3 nitrogen and oxygen atoms in total. The molecule has 0 aromatic heterocycles. The molecule has 108 valence electrons. The molecule has 1 N–H and O–H groups in total. The van der Waals surface area contributed by atoms with Gasteiger partial charge in [-0.2, -0.15) is 0 Å². The van der Waals surface area contributed by atoms with Gasteiger partial charge in [-0.05, 0) is 49.4 Å². The normalized spacial score (nSPS) is 12.4. The minimum atomic E-state index is 0.747. The number of methoxy groups -OCH3 is 2. The first kappa shape index (κ1) is 16.0. The van der Waals surface area contributed by atoms with Crippen molar-refractivity contribution < 1.29 is 9.47 Å². The van der Waals surface area contributed by atoms with E-state index in [4.69, 9.17) is 9.47 Å². The first-order valence-corrected chi connectivity index (χ1v) is 7.09. The van der Waals surface area contributed by atoms with Crippen molar-refractivity contribution in [1.82, 2.24) is 5.32 Å². The molecule has 1 unspecified atom stereocenters. The second kappa shape index (κ2) is 9.82. The lowest BCUT2D eigenvalue weighted by Gasteiger charge is -2.12. The molecule has 1 atom stereocenters. The third kappa shape index (κ3) is 7.19. The fraction of sp³-hybridized carbons (Fsp3) is 0.625. The number of aryl methyl sites for hydroxylation is 1. The number of hydrogen-bond donors (Lipinski definition) is 1. The molecule has 0 radical (unpaired) electrons. The van der Waals surface area contributed by atoms with Gasteiger partial charge < -0.3 is 14.8 Å². The molecule has 0 heterocycles. The van der Waals surface area contributed by atoms with Crippen LogP contribution >= 0.6 is 0 Å². The lowest BCUT2D eigenvalue weighted by atomic mass is 9.98. The van der Waals surface area contributed by atoms with Gasteiger partial charge in [0.25, 0.3) is 0 Å². The minimum absolute atomic E-state index is 0.747. The average molecular weight is 265 g/mol. The van der Waals surface area contributed by atoms with Gasteiger partial charge in [0.2, 0.25) is 0 Å². The van der Waals surface area contributed by atoms with Crippen molar-refractivity contribution in [3.8, 4) is 5.75 Å². The van der Waals surface area contributed by atoms with Crippen molar-refractivity contribution in [2.45, 2.75) is 26.2 Å². The molecule has 3 heteroatoms. The first-order valence-electron chi connectivity index (χ1n) is 7.09. The predicted molar refractivity (Wildman–Crippen MR) is 79.8 cm³/mol. The molecule has 0 aliphatic rings. The highest BCUT2D eigenvalue weighted by Gasteiger charge is 2.03. The molecule has 0 spiro atoms. The summed E-state index contributed by atoms with van der Waals surface area (Å²) in [5, 5.41) is 3.39. The Morgan fingerprint density at radius 1 is 1.05 bits per heavy atom. The van der Waals surface area contributed by atoms with Crippen LogP contribution in [0.25, 0.3) is 0 Å². The lowest BCUT2D eigenvalue weighted by Crippen LogP contribution is -2.21. The van der Waals surface area contributed by atoms with Crippen LogP contribution < -0.4 is 10.1 Å². The number of hydrogen-bond acceptors (Lipinski definition) is 3. The maximum Gasteiger partial charge on any atom is 0.118 e. The molecule has 0 fully saturated rings. The van der Waals surface area contributed by atoms with Crippen LogP contribution in [0.2, 0.25) is 0 Å². The van der Waals surface area contributed by atoms with E-state index in [9.17, 15) is 0 Å². The number of rotatable bonds is 10. The zero-order chi connectivity index (χ0) is 13.9. The fourth-order valence-corrected chi connectivity index (χ4v) is 2.00. The van der Waals surface area contributed by atoms with Crippen LogP contribution in [0.5, 0.6) is 5.75 Å². The molecule has 0 bridgehead atoms. The van der Waals surface area contributed by atoms with Gasteiger partial charge in [-0.1, -0.05) is 19.1 Å². The average Bonchev–Trinajstić information content (AvgIpc) is 2.45. The second-order valence-corrected chi connectivity index (χ2v) is 5.02. The van der Waals surface area contributed by atoms with E-state index < -0.39 is 0 Å². The van der Waals surface area contributed by atoms with E-state index >= 15 is 0 Å². The maximum absolute atomic E-state index is 5.16. The van der Waals surface area contributed by atoms with Crippen LogP contribution in [0, 0.1) is 5.92 Å². The Bertz CT molecular complexity index is 324. The van der Waals surface area contributed by atoms with Crippen LogP contribution in [0.15, 0.2) is 24.3 Å². The summed E-state index contributed by atoms with van der Waals surface area (Å²) >= 11 is 0. The van der Waals surface area contributed by atoms with E-state index in [-0.39, 0.29) is 0 Å². The molecule has 19 heavy (non-hydrogen) atoms. The standard InChI is InChI=1S/C16H27NO2/c1-14(10-11-17-12-13-18-2)4-5-15-6-8-16(19-3)9-7-15/h6-9,14,17H,4-5,10-13H2,1-3H3. The van der Waals surface area contributed by atoms with Crippen molar-refractivity contribution >= 4 is 0 Å². The Morgan fingerprint density at radius 3 is 2.42 bits per heavy atom. The molecular formula is C16H27NO2. The van der Waals surface area contributed by atoms with E-state index in [1.165, 1.54) is 18.4 Å². The summed E-state index contributed by atoms with van der Waals surface area (Å²) in [5.74, 6) is 1.68. The Balaban J connectivity index is 2.13. The highest BCUT2D eigenvalue weighted by Crippen LogP contribution is 2.15. The lowest BCUT2D eigenvalue weighted by molar-refractivity contribution is 0.199. The molecule has 1 aromatic carbocycles. The van der Waals surface area contributed by atoms with Crippen molar-refractivity contribution in [3.63, 3.8) is 0 Å². The summed E-state index contributed by atoms with van der Waals surface area (Å²) in [4.78, 5) is 0. The van der Waals surface area contributed by atoms with Gasteiger partial charge in [0, 0.05) is 13.7 Å². The Kier molecular flexibility index (Phi) is 8.26. The summed E-state index contributed by atoms with van der Waals surface area (Å²) in [6, 6.07) is 8.38. The first-order chi connectivity index (χ1) is 9.26. The monoisotopic (exact) mass is 265 g/mol. The molecule has 0 aliphatic carbocycles. The van der Waals surface area contributed by atoms with Gasteiger partial charge in [-0.3, -0.25) is 0 Å². The summed E-state index contributed by atoms with van der Waals surface area (Å²) in [6.07, 6.45) is 3.60. The Hall–Kier alpha value is -1.06. The van der Waals surface area contributed by atoms with Gasteiger partial charge in [-0.15, -0.1) is 0 Å². The van der Waals surface area contributed by atoms with Crippen LogP contribution in [0.1, 0.15) is 25.3 Å². The van der Waals surface area contributed by atoms with Crippen LogP contribution in [-0.2, 0) is 11.2 Å². The highest BCUT2D eigenvalue weighted by atomic mass is 16.5. The molecule has 0 saturated heterocycles. The zero-order valence-electron chi connectivity index (χ0n) is 12.4.